The number of sulfonamides is 1. The van der Waals surface area contributed by atoms with Crippen molar-refractivity contribution in [2.45, 2.75) is 38.1 Å². The van der Waals surface area contributed by atoms with E-state index >= 15 is 0 Å². The van der Waals surface area contributed by atoms with Gasteiger partial charge in [-0.25, -0.2) is 8.42 Å². The normalized spacial score (nSPS) is 13.4. The van der Waals surface area contributed by atoms with Crippen molar-refractivity contribution in [2.24, 2.45) is 0 Å². The molecule has 0 spiro atoms. The average molecular weight is 314 g/mol. The van der Waals surface area contributed by atoms with E-state index in [-0.39, 0.29) is 6.04 Å². The average Bonchev–Trinajstić information content (AvgIpc) is 2.48. The molecule has 0 aliphatic heterocycles. The van der Waals surface area contributed by atoms with Crippen molar-refractivity contribution in [1.82, 2.24) is 9.62 Å². The molecule has 1 aromatic carbocycles. The Kier molecular flexibility index (Phi) is 7.14. The van der Waals surface area contributed by atoms with Gasteiger partial charge < -0.3 is 10.1 Å². The molecule has 1 atom stereocenters. The first-order valence-corrected chi connectivity index (χ1v) is 8.80. The third-order valence-corrected chi connectivity index (χ3v) is 5.55. The van der Waals surface area contributed by atoms with Gasteiger partial charge in [-0.2, -0.15) is 4.31 Å². The van der Waals surface area contributed by atoms with Crippen molar-refractivity contribution in [1.29, 1.82) is 0 Å². The lowest BCUT2D eigenvalue weighted by Crippen LogP contribution is -2.38. The summed E-state index contributed by atoms with van der Waals surface area (Å²) in [4.78, 5) is 0.311. The second-order valence-electron chi connectivity index (χ2n) is 4.89. The van der Waals surface area contributed by atoms with Crippen molar-refractivity contribution in [3.8, 4) is 5.75 Å². The van der Waals surface area contributed by atoms with Crippen LogP contribution in [0.1, 0.15) is 27.2 Å². The Morgan fingerprint density at radius 1 is 1.24 bits per heavy atom. The van der Waals surface area contributed by atoms with E-state index < -0.39 is 10.0 Å². The Morgan fingerprint density at radius 3 is 2.33 bits per heavy atom. The topological polar surface area (TPSA) is 58.6 Å². The molecule has 0 saturated carbocycles. The van der Waals surface area contributed by atoms with Crippen molar-refractivity contribution < 1.29 is 13.2 Å². The highest BCUT2D eigenvalue weighted by molar-refractivity contribution is 7.89. The van der Waals surface area contributed by atoms with Gasteiger partial charge in [0.25, 0.3) is 0 Å². The fraction of sp³-hybridized carbons (Fsp3) is 0.600. The van der Waals surface area contributed by atoms with Crippen LogP contribution in [0.3, 0.4) is 0 Å². The minimum atomic E-state index is -3.44. The number of hydrogen-bond acceptors (Lipinski definition) is 4. The molecule has 6 heteroatoms. The van der Waals surface area contributed by atoms with Gasteiger partial charge in [-0.05, 0) is 44.7 Å². The van der Waals surface area contributed by atoms with E-state index in [1.807, 2.05) is 27.8 Å². The van der Waals surface area contributed by atoms with Crippen molar-refractivity contribution in [2.75, 3.05) is 26.7 Å². The molecule has 0 aliphatic rings. The molecule has 0 fully saturated rings. The van der Waals surface area contributed by atoms with Gasteiger partial charge in [-0.1, -0.05) is 13.8 Å². The zero-order valence-corrected chi connectivity index (χ0v) is 14.1. The highest BCUT2D eigenvalue weighted by Gasteiger charge is 2.26. The molecule has 1 N–H and O–H groups in total. The van der Waals surface area contributed by atoms with E-state index in [4.69, 9.17) is 4.74 Å². The summed E-state index contributed by atoms with van der Waals surface area (Å²) in [5.41, 5.74) is 0. The number of nitrogens with zero attached hydrogens (tertiary/aromatic N) is 1. The minimum Gasteiger partial charge on any atom is -0.492 e. The van der Waals surface area contributed by atoms with Gasteiger partial charge in [0.05, 0.1) is 4.90 Å². The fourth-order valence-electron chi connectivity index (χ4n) is 2.04. The third-order valence-electron chi connectivity index (χ3n) is 3.45. The Bertz CT molecular complexity index is 514. The van der Waals surface area contributed by atoms with Crippen molar-refractivity contribution >= 4 is 10.0 Å². The monoisotopic (exact) mass is 314 g/mol. The number of hydrogen-bond donors (Lipinski definition) is 1. The zero-order chi connectivity index (χ0) is 15.9. The molecule has 0 saturated heterocycles. The number of benzene rings is 1. The number of nitrogens with one attached hydrogen (secondary N) is 1. The van der Waals surface area contributed by atoms with E-state index in [9.17, 15) is 8.42 Å². The van der Waals surface area contributed by atoms with E-state index in [1.54, 1.807) is 24.3 Å². The summed E-state index contributed by atoms with van der Waals surface area (Å²) in [7, 11) is -1.58. The molecule has 21 heavy (non-hydrogen) atoms. The maximum atomic E-state index is 12.6. The lowest BCUT2D eigenvalue weighted by molar-refractivity contribution is 0.318. The van der Waals surface area contributed by atoms with Crippen molar-refractivity contribution in [3.05, 3.63) is 24.3 Å². The quantitative estimate of drug-likeness (QED) is 0.709. The SMILES string of the molecule is CCC(C)N(CC)S(=O)(=O)c1ccc(OCCNC)cc1. The Labute approximate surface area is 128 Å². The summed E-state index contributed by atoms with van der Waals surface area (Å²) in [6.45, 7) is 7.54. The van der Waals surface area contributed by atoms with E-state index in [1.165, 1.54) is 4.31 Å². The molecular weight excluding hydrogens is 288 g/mol. The third kappa shape index (κ3) is 4.69. The van der Waals surface area contributed by atoms with Crippen LogP contribution in [0.5, 0.6) is 5.75 Å². The van der Waals surface area contributed by atoms with Crippen LogP contribution in [-0.2, 0) is 10.0 Å². The Balaban J connectivity index is 2.88. The van der Waals surface area contributed by atoms with Gasteiger partial charge in [0.15, 0.2) is 0 Å². The summed E-state index contributed by atoms with van der Waals surface area (Å²) < 4.78 is 32.3. The first kappa shape index (κ1) is 17.9. The fourth-order valence-corrected chi connectivity index (χ4v) is 3.75. The highest BCUT2D eigenvalue weighted by Crippen LogP contribution is 2.22. The van der Waals surface area contributed by atoms with Gasteiger partial charge in [0.2, 0.25) is 10.0 Å². The van der Waals surface area contributed by atoms with Crippen LogP contribution >= 0.6 is 0 Å². The number of ether oxygens (including phenoxy) is 1. The predicted molar refractivity (Wildman–Crippen MR) is 85.2 cm³/mol. The molecule has 0 bridgehead atoms. The van der Waals surface area contributed by atoms with Gasteiger partial charge in [-0.3, -0.25) is 0 Å². The van der Waals surface area contributed by atoms with Gasteiger partial charge in [-0.15, -0.1) is 0 Å². The number of rotatable bonds is 9. The van der Waals surface area contributed by atoms with Crippen LogP contribution in [0.15, 0.2) is 29.2 Å². The predicted octanol–water partition coefficient (Wildman–Crippen LogP) is 2.09. The molecule has 0 aliphatic carbocycles. The van der Waals surface area contributed by atoms with E-state index in [0.717, 1.165) is 13.0 Å². The molecule has 1 rings (SSSR count). The molecule has 1 unspecified atom stereocenters. The zero-order valence-electron chi connectivity index (χ0n) is 13.3. The molecule has 5 nitrogen and oxygen atoms in total. The highest BCUT2D eigenvalue weighted by atomic mass is 32.2. The maximum Gasteiger partial charge on any atom is 0.243 e. The summed E-state index contributed by atoms with van der Waals surface area (Å²) in [6.07, 6.45) is 0.790. The largest absolute Gasteiger partial charge is 0.492 e. The Morgan fingerprint density at radius 2 is 1.86 bits per heavy atom. The second kappa shape index (κ2) is 8.36. The van der Waals surface area contributed by atoms with Crippen LogP contribution in [-0.4, -0.2) is 45.5 Å². The van der Waals surface area contributed by atoms with Crippen LogP contribution in [0.4, 0.5) is 0 Å². The molecular formula is C15H26N2O3S. The van der Waals surface area contributed by atoms with Crippen LogP contribution < -0.4 is 10.1 Å². The minimum absolute atomic E-state index is 0.00782. The molecule has 0 radical (unpaired) electrons. The first-order valence-electron chi connectivity index (χ1n) is 7.36. The van der Waals surface area contributed by atoms with Gasteiger partial charge in [0, 0.05) is 19.1 Å². The molecule has 0 heterocycles. The number of likely N-dealkylation sites (N-methyl/N-ethyl adjacent to an activating group) is 1. The summed E-state index contributed by atoms with van der Waals surface area (Å²) in [6, 6.07) is 6.61. The van der Waals surface area contributed by atoms with E-state index in [0.29, 0.717) is 23.8 Å². The maximum absolute atomic E-state index is 12.6. The Hall–Kier alpha value is -1.11. The lowest BCUT2D eigenvalue weighted by atomic mass is 10.3. The molecule has 120 valence electrons. The standard InChI is InChI=1S/C15H26N2O3S/c1-5-13(3)17(6-2)21(18,19)15-9-7-14(8-10-15)20-12-11-16-4/h7-10,13,16H,5-6,11-12H2,1-4H3. The summed E-state index contributed by atoms with van der Waals surface area (Å²) in [5.74, 6) is 0.677. The molecule has 0 amide bonds. The second-order valence-corrected chi connectivity index (χ2v) is 6.78. The first-order chi connectivity index (χ1) is 9.97. The van der Waals surface area contributed by atoms with Crippen LogP contribution in [0.2, 0.25) is 0 Å². The van der Waals surface area contributed by atoms with E-state index in [2.05, 4.69) is 5.32 Å². The molecule has 1 aromatic rings. The summed E-state index contributed by atoms with van der Waals surface area (Å²) >= 11 is 0. The smallest absolute Gasteiger partial charge is 0.243 e. The summed E-state index contributed by atoms with van der Waals surface area (Å²) in [5, 5.41) is 2.99. The van der Waals surface area contributed by atoms with Gasteiger partial charge in [0.1, 0.15) is 12.4 Å². The van der Waals surface area contributed by atoms with Crippen molar-refractivity contribution in [3.63, 3.8) is 0 Å². The van der Waals surface area contributed by atoms with Crippen LogP contribution in [0, 0.1) is 0 Å². The lowest BCUT2D eigenvalue weighted by Gasteiger charge is -2.26. The molecule has 0 aromatic heterocycles. The van der Waals surface area contributed by atoms with Crippen LogP contribution in [0.25, 0.3) is 0 Å². The van der Waals surface area contributed by atoms with Gasteiger partial charge >= 0.3 is 0 Å².